The first-order chi connectivity index (χ1) is 8.72. The largest absolute Gasteiger partial charge is 0.332 e. The van der Waals surface area contributed by atoms with Crippen molar-refractivity contribution < 1.29 is 0 Å². The molecule has 2 nitrogen and oxygen atoms in total. The molecule has 0 saturated carbocycles. The quantitative estimate of drug-likeness (QED) is 0.719. The fourth-order valence-electron chi connectivity index (χ4n) is 2.08. The van der Waals surface area contributed by atoms with E-state index in [9.17, 15) is 0 Å². The molecule has 0 spiro atoms. The van der Waals surface area contributed by atoms with Crippen LogP contribution >= 0.6 is 11.3 Å². The van der Waals surface area contributed by atoms with Gasteiger partial charge in [-0.1, -0.05) is 35.6 Å². The molecule has 3 rings (SSSR count). The van der Waals surface area contributed by atoms with Gasteiger partial charge in [-0.2, -0.15) is 0 Å². The maximum Gasteiger partial charge on any atom is 0.188 e. The number of hydrogen-bond acceptors (Lipinski definition) is 3. The smallest absolute Gasteiger partial charge is 0.188 e. The van der Waals surface area contributed by atoms with Crippen LogP contribution in [0.4, 0.5) is 10.8 Å². The number of hydrogen-bond donors (Lipinski definition) is 1. The summed E-state index contributed by atoms with van der Waals surface area (Å²) >= 11 is 1.71. The lowest BCUT2D eigenvalue weighted by molar-refractivity contribution is 1.39. The molecule has 3 heteroatoms. The molecular weight excluding hydrogens is 240 g/mol. The number of fused-ring (bicyclic) bond motifs is 1. The number of rotatable bonds is 2. The summed E-state index contributed by atoms with van der Waals surface area (Å²) in [6.07, 6.45) is 0. The molecule has 0 unspecified atom stereocenters. The lowest BCUT2D eigenvalue weighted by Gasteiger charge is -1.99. The standard InChI is InChI=1S/C15H14N2S/c1-10-8-11(2)14-13(9-10)17-15(18-14)16-12-6-4-3-5-7-12/h3-9H,1-2H3,(H,16,17). The predicted molar refractivity (Wildman–Crippen MR) is 78.8 cm³/mol. The average Bonchev–Trinajstić information content (AvgIpc) is 2.73. The summed E-state index contributed by atoms with van der Waals surface area (Å²) in [4.78, 5) is 4.64. The zero-order valence-electron chi connectivity index (χ0n) is 10.4. The van der Waals surface area contributed by atoms with Crippen LogP contribution in [-0.2, 0) is 0 Å². The van der Waals surface area contributed by atoms with E-state index in [1.54, 1.807) is 11.3 Å². The molecule has 1 heterocycles. The predicted octanol–water partition coefficient (Wildman–Crippen LogP) is 4.66. The summed E-state index contributed by atoms with van der Waals surface area (Å²) in [6, 6.07) is 14.5. The minimum atomic E-state index is 0.949. The van der Waals surface area contributed by atoms with E-state index in [0.29, 0.717) is 0 Å². The topological polar surface area (TPSA) is 24.9 Å². The molecule has 18 heavy (non-hydrogen) atoms. The zero-order chi connectivity index (χ0) is 12.5. The van der Waals surface area contributed by atoms with Crippen molar-refractivity contribution in [3.8, 4) is 0 Å². The molecule has 0 radical (unpaired) electrons. The van der Waals surface area contributed by atoms with Crippen LogP contribution in [0.25, 0.3) is 10.2 Å². The number of para-hydroxylation sites is 1. The van der Waals surface area contributed by atoms with E-state index < -0.39 is 0 Å². The van der Waals surface area contributed by atoms with Gasteiger partial charge in [0.25, 0.3) is 0 Å². The Kier molecular flexibility index (Phi) is 2.76. The van der Waals surface area contributed by atoms with Crippen LogP contribution in [0.1, 0.15) is 11.1 Å². The molecule has 1 aromatic heterocycles. The van der Waals surface area contributed by atoms with Crippen molar-refractivity contribution in [3.05, 3.63) is 53.6 Å². The summed E-state index contributed by atoms with van der Waals surface area (Å²) in [7, 11) is 0. The second-order valence-corrected chi connectivity index (χ2v) is 5.44. The van der Waals surface area contributed by atoms with Gasteiger partial charge in [0.05, 0.1) is 10.2 Å². The van der Waals surface area contributed by atoms with Gasteiger partial charge in [-0.25, -0.2) is 4.98 Å². The summed E-state index contributed by atoms with van der Waals surface area (Å²) in [5, 5.41) is 4.30. The Morgan fingerprint density at radius 1 is 1.06 bits per heavy atom. The number of nitrogens with one attached hydrogen (secondary N) is 1. The molecule has 1 N–H and O–H groups in total. The van der Waals surface area contributed by atoms with E-state index in [0.717, 1.165) is 16.3 Å². The fourth-order valence-corrected chi connectivity index (χ4v) is 3.01. The van der Waals surface area contributed by atoms with Gasteiger partial charge < -0.3 is 5.32 Å². The average molecular weight is 254 g/mol. The summed E-state index contributed by atoms with van der Waals surface area (Å²) in [6.45, 7) is 4.25. The van der Waals surface area contributed by atoms with Crippen LogP contribution < -0.4 is 5.32 Å². The number of anilines is 2. The summed E-state index contributed by atoms with van der Waals surface area (Å²) in [5.41, 5.74) is 4.71. The Labute approximate surface area is 110 Å². The van der Waals surface area contributed by atoms with E-state index in [1.807, 2.05) is 30.3 Å². The molecule has 90 valence electrons. The van der Waals surface area contributed by atoms with E-state index in [1.165, 1.54) is 15.8 Å². The fraction of sp³-hybridized carbons (Fsp3) is 0.133. The van der Waals surface area contributed by atoms with Crippen molar-refractivity contribution in [2.24, 2.45) is 0 Å². The van der Waals surface area contributed by atoms with Crippen molar-refractivity contribution in [1.82, 2.24) is 4.98 Å². The monoisotopic (exact) mass is 254 g/mol. The minimum absolute atomic E-state index is 0.949. The summed E-state index contributed by atoms with van der Waals surface area (Å²) in [5.74, 6) is 0. The number of aryl methyl sites for hydroxylation is 2. The minimum Gasteiger partial charge on any atom is -0.332 e. The van der Waals surface area contributed by atoms with Gasteiger partial charge in [-0.05, 0) is 43.2 Å². The van der Waals surface area contributed by atoms with Crippen LogP contribution in [0.3, 0.4) is 0 Å². The zero-order valence-corrected chi connectivity index (χ0v) is 11.2. The van der Waals surface area contributed by atoms with Gasteiger partial charge in [-0.3, -0.25) is 0 Å². The number of aromatic nitrogens is 1. The third-order valence-corrected chi connectivity index (χ3v) is 3.97. The first kappa shape index (κ1) is 11.2. The number of thiazole rings is 1. The molecule has 0 saturated heterocycles. The summed E-state index contributed by atoms with van der Waals surface area (Å²) < 4.78 is 1.26. The first-order valence-electron chi connectivity index (χ1n) is 5.92. The second-order valence-electron chi connectivity index (χ2n) is 4.44. The van der Waals surface area contributed by atoms with Crippen molar-refractivity contribution >= 4 is 32.4 Å². The molecule has 0 atom stereocenters. The van der Waals surface area contributed by atoms with Crippen molar-refractivity contribution in [2.45, 2.75) is 13.8 Å². The van der Waals surface area contributed by atoms with Crippen LogP contribution in [0.15, 0.2) is 42.5 Å². The van der Waals surface area contributed by atoms with E-state index in [2.05, 4.69) is 36.3 Å². The second kappa shape index (κ2) is 4.42. The third kappa shape index (κ3) is 2.09. The van der Waals surface area contributed by atoms with Gasteiger partial charge in [0.2, 0.25) is 0 Å². The lowest BCUT2D eigenvalue weighted by Crippen LogP contribution is -1.87. The van der Waals surface area contributed by atoms with E-state index >= 15 is 0 Å². The molecule has 0 bridgehead atoms. The molecule has 0 aliphatic carbocycles. The maximum absolute atomic E-state index is 4.64. The molecule has 3 aromatic rings. The van der Waals surface area contributed by atoms with Crippen LogP contribution in [-0.4, -0.2) is 4.98 Å². The van der Waals surface area contributed by atoms with Crippen LogP contribution in [0, 0.1) is 13.8 Å². The van der Waals surface area contributed by atoms with E-state index in [4.69, 9.17) is 0 Å². The molecule has 0 aliphatic heterocycles. The third-order valence-electron chi connectivity index (χ3n) is 2.85. The molecular formula is C15H14N2S. The van der Waals surface area contributed by atoms with Crippen molar-refractivity contribution in [3.63, 3.8) is 0 Å². The van der Waals surface area contributed by atoms with Gasteiger partial charge in [0, 0.05) is 5.69 Å². The number of benzene rings is 2. The molecule has 0 fully saturated rings. The number of nitrogens with zero attached hydrogens (tertiary/aromatic N) is 1. The molecule has 0 aliphatic rings. The SMILES string of the molecule is Cc1cc(C)c2sc(Nc3ccccc3)nc2c1. The molecule has 2 aromatic carbocycles. The Hall–Kier alpha value is -1.87. The molecule has 0 amide bonds. The highest BCUT2D eigenvalue weighted by Gasteiger charge is 2.06. The van der Waals surface area contributed by atoms with Gasteiger partial charge in [-0.15, -0.1) is 0 Å². The van der Waals surface area contributed by atoms with E-state index in [-0.39, 0.29) is 0 Å². The first-order valence-corrected chi connectivity index (χ1v) is 6.74. The van der Waals surface area contributed by atoms with Crippen LogP contribution in [0.5, 0.6) is 0 Å². The Balaban J connectivity index is 2.01. The highest BCUT2D eigenvalue weighted by atomic mass is 32.1. The highest BCUT2D eigenvalue weighted by Crippen LogP contribution is 2.31. The highest BCUT2D eigenvalue weighted by molar-refractivity contribution is 7.22. The normalized spacial score (nSPS) is 10.8. The lowest BCUT2D eigenvalue weighted by atomic mass is 10.1. The van der Waals surface area contributed by atoms with Crippen LogP contribution in [0.2, 0.25) is 0 Å². The Morgan fingerprint density at radius 2 is 1.83 bits per heavy atom. The van der Waals surface area contributed by atoms with Crippen molar-refractivity contribution in [1.29, 1.82) is 0 Å². The Bertz CT molecular complexity index is 686. The maximum atomic E-state index is 4.64. The van der Waals surface area contributed by atoms with Gasteiger partial charge >= 0.3 is 0 Å². The van der Waals surface area contributed by atoms with Gasteiger partial charge in [0.15, 0.2) is 5.13 Å². The van der Waals surface area contributed by atoms with Gasteiger partial charge in [0.1, 0.15) is 0 Å². The Morgan fingerprint density at radius 3 is 2.61 bits per heavy atom. The van der Waals surface area contributed by atoms with Crippen molar-refractivity contribution in [2.75, 3.05) is 5.32 Å².